The molecule has 2 aromatic carbocycles. The van der Waals surface area contributed by atoms with Crippen molar-refractivity contribution in [2.75, 3.05) is 0 Å². The van der Waals surface area contributed by atoms with Gasteiger partial charge in [-0.25, -0.2) is 15.0 Å². The number of carbonyl (C=O) groups excluding carboxylic acids is 1. The lowest BCUT2D eigenvalue weighted by Crippen LogP contribution is -2.41. The summed E-state index contributed by atoms with van der Waals surface area (Å²) in [5, 5.41) is 6.20. The van der Waals surface area contributed by atoms with Gasteiger partial charge in [0.25, 0.3) is 5.91 Å². The van der Waals surface area contributed by atoms with Crippen LogP contribution in [-0.2, 0) is 0 Å². The highest BCUT2D eigenvalue weighted by Gasteiger charge is 2.39. The van der Waals surface area contributed by atoms with Gasteiger partial charge in [-0.15, -0.1) is 0 Å². The van der Waals surface area contributed by atoms with Gasteiger partial charge in [-0.05, 0) is 42.7 Å². The summed E-state index contributed by atoms with van der Waals surface area (Å²) in [5.41, 5.74) is 4.16. The number of carbonyl (C=O) groups is 1. The number of nitrogens with zero attached hydrogens (tertiary/aromatic N) is 4. The van der Waals surface area contributed by atoms with Crippen LogP contribution >= 0.6 is 0 Å². The predicted molar refractivity (Wildman–Crippen MR) is 105 cm³/mol. The Bertz CT molecular complexity index is 997. The normalized spacial score (nSPS) is 15.5. The van der Waals surface area contributed by atoms with Gasteiger partial charge in [-0.3, -0.25) is 4.79 Å². The first-order valence-corrected chi connectivity index (χ1v) is 8.88. The fraction of sp³-hybridized carbons (Fsp3) is 0.182. The molecule has 1 amide bonds. The minimum absolute atomic E-state index is 0.211. The zero-order valence-electron chi connectivity index (χ0n) is 15.3. The topological polar surface area (TPSA) is 58.5 Å². The smallest absolute Gasteiger partial charge is 0.265 e. The van der Waals surface area contributed by atoms with Gasteiger partial charge in [-0.1, -0.05) is 48.5 Å². The largest absolute Gasteiger partial charge is 0.293 e. The van der Waals surface area contributed by atoms with Gasteiger partial charge in [0.05, 0.1) is 11.3 Å². The van der Waals surface area contributed by atoms with Crippen molar-refractivity contribution in [2.45, 2.75) is 25.8 Å². The molecule has 0 saturated heterocycles. The van der Waals surface area contributed by atoms with Gasteiger partial charge >= 0.3 is 0 Å². The lowest BCUT2D eigenvalue weighted by molar-refractivity contribution is 0.0606. The second-order valence-corrected chi connectivity index (χ2v) is 7.19. The highest BCUT2D eigenvalue weighted by atomic mass is 16.2. The second kappa shape index (κ2) is 6.76. The lowest BCUT2D eigenvalue weighted by atomic mass is 9.93. The summed E-state index contributed by atoms with van der Waals surface area (Å²) in [4.78, 5) is 20.8. The number of aromatic nitrogens is 2. The van der Waals surface area contributed by atoms with E-state index in [-0.39, 0.29) is 5.91 Å². The molecule has 27 heavy (non-hydrogen) atoms. The zero-order valence-corrected chi connectivity index (χ0v) is 15.3. The molecule has 5 nitrogen and oxygen atoms in total. The molecule has 0 radical (unpaired) electrons. The molecule has 4 rings (SSSR count). The van der Waals surface area contributed by atoms with E-state index in [1.54, 1.807) is 17.3 Å². The maximum atomic E-state index is 12.9. The average Bonchev–Trinajstić information content (AvgIpc) is 3.04. The van der Waals surface area contributed by atoms with Crippen molar-refractivity contribution in [1.29, 1.82) is 0 Å². The SMILES string of the molecule is CC1(C)CC(c2cccc(-c3ccccc3)c2)=NN1C(=O)c1ccncn1. The molecule has 1 aliphatic heterocycles. The van der Waals surface area contributed by atoms with E-state index in [0.29, 0.717) is 12.1 Å². The monoisotopic (exact) mass is 356 g/mol. The minimum Gasteiger partial charge on any atom is -0.265 e. The first-order valence-electron chi connectivity index (χ1n) is 8.88. The van der Waals surface area contributed by atoms with Gasteiger partial charge in [0.2, 0.25) is 0 Å². The van der Waals surface area contributed by atoms with E-state index in [4.69, 9.17) is 0 Å². The van der Waals surface area contributed by atoms with Crippen LogP contribution in [-0.4, -0.2) is 32.1 Å². The first-order chi connectivity index (χ1) is 13.0. The first kappa shape index (κ1) is 17.1. The van der Waals surface area contributed by atoms with Crippen LogP contribution in [0.1, 0.15) is 36.3 Å². The number of amides is 1. The summed E-state index contributed by atoms with van der Waals surface area (Å²) < 4.78 is 0. The third kappa shape index (κ3) is 3.36. The van der Waals surface area contributed by atoms with Crippen molar-refractivity contribution < 1.29 is 4.79 Å². The third-order valence-electron chi connectivity index (χ3n) is 4.69. The summed E-state index contributed by atoms with van der Waals surface area (Å²) in [6.07, 6.45) is 3.63. The van der Waals surface area contributed by atoms with Crippen LogP contribution < -0.4 is 0 Å². The fourth-order valence-corrected chi connectivity index (χ4v) is 3.29. The maximum Gasteiger partial charge on any atom is 0.293 e. The van der Waals surface area contributed by atoms with Gasteiger partial charge in [-0.2, -0.15) is 5.10 Å². The lowest BCUT2D eigenvalue weighted by Gasteiger charge is -2.28. The van der Waals surface area contributed by atoms with Crippen LogP contribution in [0, 0.1) is 0 Å². The summed E-state index contributed by atoms with van der Waals surface area (Å²) in [7, 11) is 0. The Morgan fingerprint density at radius 1 is 0.963 bits per heavy atom. The molecule has 0 saturated carbocycles. The molecule has 0 aliphatic carbocycles. The Morgan fingerprint density at radius 3 is 2.44 bits per heavy atom. The molecule has 0 N–H and O–H groups in total. The number of rotatable bonds is 3. The van der Waals surface area contributed by atoms with Crippen LogP contribution in [0.15, 0.2) is 78.3 Å². The number of benzene rings is 2. The van der Waals surface area contributed by atoms with E-state index in [1.807, 2.05) is 44.2 Å². The van der Waals surface area contributed by atoms with Crippen molar-refractivity contribution in [3.05, 3.63) is 84.4 Å². The molecule has 0 bridgehead atoms. The summed E-state index contributed by atoms with van der Waals surface area (Å²) in [6, 6.07) is 20.1. The van der Waals surface area contributed by atoms with E-state index >= 15 is 0 Å². The van der Waals surface area contributed by atoms with Crippen LogP contribution in [0.3, 0.4) is 0 Å². The summed E-state index contributed by atoms with van der Waals surface area (Å²) in [6.45, 7) is 4.03. The fourth-order valence-electron chi connectivity index (χ4n) is 3.29. The molecule has 0 spiro atoms. The van der Waals surface area contributed by atoms with E-state index in [0.717, 1.165) is 22.4 Å². The van der Waals surface area contributed by atoms with E-state index in [2.05, 4.69) is 39.3 Å². The van der Waals surface area contributed by atoms with Crippen LogP contribution in [0.25, 0.3) is 11.1 Å². The summed E-state index contributed by atoms with van der Waals surface area (Å²) in [5.74, 6) is -0.211. The predicted octanol–water partition coefficient (Wildman–Crippen LogP) is 4.17. The Balaban J connectivity index is 1.68. The van der Waals surface area contributed by atoms with Crippen LogP contribution in [0.4, 0.5) is 0 Å². The Kier molecular flexibility index (Phi) is 4.28. The zero-order chi connectivity index (χ0) is 18.9. The highest BCUT2D eigenvalue weighted by molar-refractivity contribution is 6.05. The standard InChI is InChI=1S/C22H20N4O/c1-22(2)14-20(25-26(22)21(27)19-11-12-23-15-24-19)18-10-6-9-17(13-18)16-7-4-3-5-8-16/h3-13,15H,14H2,1-2H3. The third-order valence-corrected chi connectivity index (χ3v) is 4.69. The minimum atomic E-state index is -0.417. The number of hydrogen-bond acceptors (Lipinski definition) is 4. The molecular formula is C22H20N4O. The van der Waals surface area contributed by atoms with E-state index < -0.39 is 5.54 Å². The molecule has 3 aromatic rings. The van der Waals surface area contributed by atoms with Gasteiger partial charge < -0.3 is 0 Å². The molecule has 134 valence electrons. The molecule has 0 atom stereocenters. The van der Waals surface area contributed by atoms with Gasteiger partial charge in [0.1, 0.15) is 12.0 Å². The Hall–Kier alpha value is -3.34. The summed E-state index contributed by atoms with van der Waals surface area (Å²) >= 11 is 0. The Labute approximate surface area is 158 Å². The van der Waals surface area contributed by atoms with Gasteiger partial charge in [0, 0.05) is 12.6 Å². The second-order valence-electron chi connectivity index (χ2n) is 7.19. The van der Waals surface area contributed by atoms with Crippen molar-refractivity contribution in [2.24, 2.45) is 5.10 Å². The van der Waals surface area contributed by atoms with Gasteiger partial charge in [0.15, 0.2) is 0 Å². The molecule has 1 aliphatic rings. The van der Waals surface area contributed by atoms with E-state index in [1.165, 1.54) is 6.33 Å². The molecule has 0 unspecified atom stereocenters. The van der Waals surface area contributed by atoms with E-state index in [9.17, 15) is 4.79 Å². The molecule has 1 aromatic heterocycles. The molecule has 2 heterocycles. The number of hydrazone groups is 1. The molecule has 0 fully saturated rings. The van der Waals surface area contributed by atoms with Crippen molar-refractivity contribution >= 4 is 11.6 Å². The van der Waals surface area contributed by atoms with Crippen molar-refractivity contribution in [1.82, 2.24) is 15.0 Å². The molecular weight excluding hydrogens is 336 g/mol. The van der Waals surface area contributed by atoms with Crippen LogP contribution in [0.5, 0.6) is 0 Å². The van der Waals surface area contributed by atoms with Crippen molar-refractivity contribution in [3.63, 3.8) is 0 Å². The maximum absolute atomic E-state index is 12.9. The Morgan fingerprint density at radius 2 is 1.70 bits per heavy atom. The average molecular weight is 356 g/mol. The van der Waals surface area contributed by atoms with Crippen molar-refractivity contribution in [3.8, 4) is 11.1 Å². The highest BCUT2D eigenvalue weighted by Crippen LogP contribution is 2.31. The molecule has 5 heteroatoms. The van der Waals surface area contributed by atoms with Crippen LogP contribution in [0.2, 0.25) is 0 Å². The number of hydrogen-bond donors (Lipinski definition) is 0. The quantitative estimate of drug-likeness (QED) is 0.707.